The molecule has 0 spiro atoms. The standard InChI is InChI=1S/C16H23N3O4S2/c1-9-11(14(20)22-3)13(25-12(9)15(21)23-4)18-16(24)17-10-5-7-19(2)8-6-10/h10H,5-8H2,1-4H3,(H2,17,18,24). The summed E-state index contributed by atoms with van der Waals surface area (Å²) in [6.45, 7) is 3.71. The van der Waals surface area contributed by atoms with E-state index in [1.807, 2.05) is 0 Å². The van der Waals surface area contributed by atoms with E-state index in [1.54, 1.807) is 6.92 Å². The molecule has 0 radical (unpaired) electrons. The van der Waals surface area contributed by atoms with Gasteiger partial charge in [0, 0.05) is 6.04 Å². The molecule has 1 fully saturated rings. The van der Waals surface area contributed by atoms with E-state index in [9.17, 15) is 9.59 Å². The highest BCUT2D eigenvalue weighted by molar-refractivity contribution is 7.80. The van der Waals surface area contributed by atoms with E-state index in [1.165, 1.54) is 14.2 Å². The SMILES string of the molecule is COC(=O)c1sc(NC(=S)NC2CCN(C)CC2)c(C(=O)OC)c1C. The Balaban J connectivity index is 2.15. The zero-order valence-corrected chi connectivity index (χ0v) is 16.4. The molecule has 0 amide bonds. The van der Waals surface area contributed by atoms with Crippen molar-refractivity contribution < 1.29 is 19.1 Å². The molecule has 0 atom stereocenters. The molecule has 1 aliphatic heterocycles. The first kappa shape index (κ1) is 19.6. The van der Waals surface area contributed by atoms with Crippen molar-refractivity contribution in [3.63, 3.8) is 0 Å². The highest BCUT2D eigenvalue weighted by Gasteiger charge is 2.26. The summed E-state index contributed by atoms with van der Waals surface area (Å²) < 4.78 is 9.61. The van der Waals surface area contributed by atoms with Crippen LogP contribution in [0.15, 0.2) is 0 Å². The molecule has 2 heterocycles. The Morgan fingerprint density at radius 3 is 2.36 bits per heavy atom. The zero-order valence-electron chi connectivity index (χ0n) is 14.8. The molecule has 1 aromatic rings. The molecule has 1 aromatic heterocycles. The lowest BCUT2D eigenvalue weighted by atomic mass is 10.1. The van der Waals surface area contributed by atoms with Gasteiger partial charge >= 0.3 is 11.9 Å². The molecule has 0 bridgehead atoms. The highest BCUT2D eigenvalue weighted by Crippen LogP contribution is 2.34. The lowest BCUT2D eigenvalue weighted by Crippen LogP contribution is -2.44. The van der Waals surface area contributed by atoms with Gasteiger partial charge in [-0.2, -0.15) is 0 Å². The maximum absolute atomic E-state index is 12.1. The third kappa shape index (κ3) is 4.68. The summed E-state index contributed by atoms with van der Waals surface area (Å²) in [5, 5.41) is 7.23. The Kier molecular flexibility index (Phi) is 6.74. The molecule has 25 heavy (non-hydrogen) atoms. The molecule has 9 heteroatoms. The largest absolute Gasteiger partial charge is 0.465 e. The minimum atomic E-state index is -0.520. The number of esters is 2. The maximum Gasteiger partial charge on any atom is 0.348 e. The van der Waals surface area contributed by atoms with E-state index in [0.717, 1.165) is 37.3 Å². The molecule has 138 valence electrons. The van der Waals surface area contributed by atoms with E-state index in [2.05, 4.69) is 22.6 Å². The van der Waals surface area contributed by atoms with Crippen LogP contribution >= 0.6 is 23.6 Å². The number of likely N-dealkylation sites (tertiary alicyclic amines) is 1. The van der Waals surface area contributed by atoms with Gasteiger partial charge in [0.1, 0.15) is 9.88 Å². The van der Waals surface area contributed by atoms with Gasteiger partial charge in [-0.15, -0.1) is 11.3 Å². The van der Waals surface area contributed by atoms with E-state index < -0.39 is 11.9 Å². The lowest BCUT2D eigenvalue weighted by Gasteiger charge is -2.30. The fourth-order valence-corrected chi connectivity index (χ4v) is 4.17. The van der Waals surface area contributed by atoms with Gasteiger partial charge in [0.25, 0.3) is 0 Å². The van der Waals surface area contributed by atoms with Gasteiger partial charge in [0.2, 0.25) is 0 Å². The fraction of sp³-hybridized carbons (Fsp3) is 0.562. The van der Waals surface area contributed by atoms with Gasteiger partial charge < -0.3 is 25.0 Å². The van der Waals surface area contributed by atoms with E-state index in [-0.39, 0.29) is 0 Å². The number of thiophene rings is 1. The number of methoxy groups -OCH3 is 2. The number of hydrogen-bond donors (Lipinski definition) is 2. The number of nitrogens with one attached hydrogen (secondary N) is 2. The van der Waals surface area contributed by atoms with Gasteiger partial charge in [-0.1, -0.05) is 0 Å². The average Bonchev–Trinajstić information content (AvgIpc) is 2.91. The van der Waals surface area contributed by atoms with Gasteiger partial charge in [-0.3, -0.25) is 0 Å². The normalized spacial score (nSPS) is 15.5. The Labute approximate surface area is 156 Å². The van der Waals surface area contributed by atoms with Crippen molar-refractivity contribution in [1.29, 1.82) is 0 Å². The second-order valence-electron chi connectivity index (χ2n) is 5.92. The van der Waals surface area contributed by atoms with Crippen LogP contribution in [0.2, 0.25) is 0 Å². The number of thiocarbonyl (C=S) groups is 1. The minimum absolute atomic E-state index is 0.291. The molecular formula is C16H23N3O4S2. The van der Waals surface area contributed by atoms with Crippen LogP contribution in [0.25, 0.3) is 0 Å². The van der Waals surface area contributed by atoms with Crippen LogP contribution in [0.1, 0.15) is 38.4 Å². The summed E-state index contributed by atoms with van der Waals surface area (Å²) in [7, 11) is 4.70. The summed E-state index contributed by atoms with van der Waals surface area (Å²) in [6, 6.07) is 0.291. The molecule has 0 unspecified atom stereocenters. The summed E-state index contributed by atoms with van der Waals surface area (Å²) in [5.41, 5.74) is 0.828. The number of piperidine rings is 1. The Morgan fingerprint density at radius 1 is 1.20 bits per heavy atom. The van der Waals surface area contributed by atoms with Crippen molar-refractivity contribution >= 4 is 45.6 Å². The third-order valence-corrected chi connectivity index (χ3v) is 5.60. The number of carbonyl (C=O) groups is 2. The van der Waals surface area contributed by atoms with E-state index in [0.29, 0.717) is 32.2 Å². The minimum Gasteiger partial charge on any atom is -0.465 e. The Morgan fingerprint density at radius 2 is 1.80 bits per heavy atom. The van der Waals surface area contributed by atoms with Gasteiger partial charge in [-0.25, -0.2) is 9.59 Å². The van der Waals surface area contributed by atoms with E-state index >= 15 is 0 Å². The lowest BCUT2D eigenvalue weighted by molar-refractivity contribution is 0.0601. The summed E-state index contributed by atoms with van der Waals surface area (Å²) in [6.07, 6.45) is 2.00. The maximum atomic E-state index is 12.1. The third-order valence-electron chi connectivity index (χ3n) is 4.19. The van der Waals surface area contributed by atoms with Crippen molar-refractivity contribution in [3.8, 4) is 0 Å². The molecule has 2 rings (SSSR count). The topological polar surface area (TPSA) is 79.9 Å². The smallest absolute Gasteiger partial charge is 0.348 e. The fourth-order valence-electron chi connectivity index (χ4n) is 2.71. The first-order valence-corrected chi connectivity index (χ1v) is 9.15. The van der Waals surface area contributed by atoms with Crippen LogP contribution < -0.4 is 10.6 Å². The molecule has 0 aliphatic carbocycles. The summed E-state index contributed by atoms with van der Waals surface area (Å²) in [5.74, 6) is -1.01. The Bertz CT molecular complexity index is 667. The average molecular weight is 386 g/mol. The number of rotatable bonds is 4. The highest BCUT2D eigenvalue weighted by atomic mass is 32.1. The van der Waals surface area contributed by atoms with Crippen molar-refractivity contribution in [2.24, 2.45) is 0 Å². The van der Waals surface area contributed by atoms with Crippen molar-refractivity contribution in [2.45, 2.75) is 25.8 Å². The summed E-state index contributed by atoms with van der Waals surface area (Å²) in [4.78, 5) is 26.6. The van der Waals surface area contributed by atoms with Crippen LogP contribution in [0.3, 0.4) is 0 Å². The number of hydrogen-bond acceptors (Lipinski definition) is 7. The monoisotopic (exact) mass is 385 g/mol. The molecule has 7 nitrogen and oxygen atoms in total. The van der Waals surface area contributed by atoms with Gasteiger partial charge in [0.05, 0.1) is 19.8 Å². The molecule has 1 aliphatic rings. The van der Waals surface area contributed by atoms with Crippen molar-refractivity contribution in [1.82, 2.24) is 10.2 Å². The number of carbonyl (C=O) groups excluding carboxylic acids is 2. The quantitative estimate of drug-likeness (QED) is 0.602. The molecular weight excluding hydrogens is 362 g/mol. The second-order valence-corrected chi connectivity index (χ2v) is 7.35. The number of nitrogens with zero attached hydrogens (tertiary/aromatic N) is 1. The van der Waals surface area contributed by atoms with E-state index in [4.69, 9.17) is 21.7 Å². The first-order valence-electron chi connectivity index (χ1n) is 7.93. The van der Waals surface area contributed by atoms with Gasteiger partial charge in [0.15, 0.2) is 5.11 Å². The number of anilines is 1. The van der Waals surface area contributed by atoms with Crippen LogP contribution in [-0.2, 0) is 9.47 Å². The number of ether oxygens (including phenoxy) is 2. The van der Waals surface area contributed by atoms with Crippen molar-refractivity contribution in [3.05, 3.63) is 16.0 Å². The molecule has 2 N–H and O–H groups in total. The second kappa shape index (κ2) is 8.59. The first-order chi connectivity index (χ1) is 11.9. The zero-order chi connectivity index (χ0) is 18.6. The van der Waals surface area contributed by atoms with Crippen LogP contribution in [-0.4, -0.2) is 62.3 Å². The molecule has 0 aromatic carbocycles. The molecule has 1 saturated heterocycles. The van der Waals surface area contributed by atoms with Crippen LogP contribution in [0, 0.1) is 6.92 Å². The van der Waals surface area contributed by atoms with Crippen LogP contribution in [0.5, 0.6) is 0 Å². The summed E-state index contributed by atoms with van der Waals surface area (Å²) >= 11 is 6.51. The predicted octanol–water partition coefficient (Wildman–Crippen LogP) is 2.01. The predicted molar refractivity (Wildman–Crippen MR) is 102 cm³/mol. The van der Waals surface area contributed by atoms with Gasteiger partial charge in [-0.05, 0) is 57.7 Å². The van der Waals surface area contributed by atoms with Crippen molar-refractivity contribution in [2.75, 3.05) is 39.7 Å². The Hall–Kier alpha value is -1.71. The molecule has 0 saturated carbocycles. The van der Waals surface area contributed by atoms with Crippen LogP contribution in [0.4, 0.5) is 5.00 Å².